The third kappa shape index (κ3) is 2.59. The highest BCUT2D eigenvalue weighted by Crippen LogP contribution is 2.33. The van der Waals surface area contributed by atoms with Crippen LogP contribution < -0.4 is 5.73 Å². The molecule has 0 spiro atoms. The maximum Gasteiger partial charge on any atom is 0.356 e. The SMILES string of the molecule is CCOC(=O)c1cc2c([nH]c3ccccc32)c(-c2ccc(N)cc2)n1. The van der Waals surface area contributed by atoms with Crippen LogP contribution in [0.2, 0.25) is 0 Å². The Labute approximate surface area is 144 Å². The molecule has 0 aliphatic rings. The quantitative estimate of drug-likeness (QED) is 0.437. The van der Waals surface area contributed by atoms with Crippen LogP contribution in [0.4, 0.5) is 5.69 Å². The number of fused-ring (bicyclic) bond motifs is 3. The maximum absolute atomic E-state index is 12.3. The second-order valence-electron chi connectivity index (χ2n) is 5.79. The molecular formula is C20H17N3O2. The molecule has 0 atom stereocenters. The number of pyridine rings is 1. The van der Waals surface area contributed by atoms with E-state index in [0.717, 1.165) is 27.4 Å². The van der Waals surface area contributed by atoms with Gasteiger partial charge in [-0.2, -0.15) is 0 Å². The maximum atomic E-state index is 12.3. The lowest BCUT2D eigenvalue weighted by Crippen LogP contribution is -2.07. The lowest BCUT2D eigenvalue weighted by atomic mass is 10.1. The number of carbonyl (C=O) groups excluding carboxylic acids is 1. The Balaban J connectivity index is 2.04. The predicted molar refractivity (Wildman–Crippen MR) is 99.4 cm³/mol. The van der Waals surface area contributed by atoms with Crippen molar-refractivity contribution in [3.8, 4) is 11.3 Å². The first-order valence-electron chi connectivity index (χ1n) is 8.12. The van der Waals surface area contributed by atoms with Gasteiger partial charge >= 0.3 is 5.97 Å². The van der Waals surface area contributed by atoms with E-state index >= 15 is 0 Å². The summed E-state index contributed by atoms with van der Waals surface area (Å²) in [6.45, 7) is 2.09. The first kappa shape index (κ1) is 15.2. The summed E-state index contributed by atoms with van der Waals surface area (Å²) < 4.78 is 5.14. The van der Waals surface area contributed by atoms with E-state index < -0.39 is 5.97 Å². The Hall–Kier alpha value is -3.34. The van der Waals surface area contributed by atoms with Gasteiger partial charge in [-0.25, -0.2) is 9.78 Å². The molecule has 2 aromatic heterocycles. The summed E-state index contributed by atoms with van der Waals surface area (Å²) in [6.07, 6.45) is 0. The van der Waals surface area contributed by atoms with Crippen LogP contribution >= 0.6 is 0 Å². The fraction of sp³-hybridized carbons (Fsp3) is 0.100. The normalized spacial score (nSPS) is 11.1. The molecule has 2 heterocycles. The average Bonchev–Trinajstić information content (AvgIpc) is 3.00. The number of nitrogens with zero attached hydrogens (tertiary/aromatic N) is 1. The van der Waals surface area contributed by atoms with E-state index in [0.29, 0.717) is 23.7 Å². The molecule has 0 bridgehead atoms. The third-order valence-electron chi connectivity index (χ3n) is 4.17. The number of esters is 1. The van der Waals surface area contributed by atoms with Crippen molar-refractivity contribution in [2.75, 3.05) is 12.3 Å². The molecule has 3 N–H and O–H groups in total. The summed E-state index contributed by atoms with van der Waals surface area (Å²) in [5.41, 5.74) is 10.2. The van der Waals surface area contributed by atoms with Crippen molar-refractivity contribution in [1.29, 1.82) is 0 Å². The lowest BCUT2D eigenvalue weighted by Gasteiger charge is -2.07. The summed E-state index contributed by atoms with van der Waals surface area (Å²) in [5.74, 6) is -0.425. The number of nitrogens with two attached hydrogens (primary N) is 1. The van der Waals surface area contributed by atoms with Crippen molar-refractivity contribution in [3.63, 3.8) is 0 Å². The summed E-state index contributed by atoms with van der Waals surface area (Å²) in [7, 11) is 0. The molecule has 0 fully saturated rings. The zero-order valence-electron chi connectivity index (χ0n) is 13.7. The van der Waals surface area contributed by atoms with Gasteiger partial charge in [-0.3, -0.25) is 0 Å². The second-order valence-corrected chi connectivity index (χ2v) is 5.79. The zero-order chi connectivity index (χ0) is 17.4. The minimum atomic E-state index is -0.425. The van der Waals surface area contributed by atoms with E-state index in [1.165, 1.54) is 0 Å². The first-order chi connectivity index (χ1) is 12.2. The standard InChI is InChI=1S/C20H17N3O2/c1-2-25-20(24)17-11-15-14-5-3-4-6-16(14)22-19(15)18(23-17)12-7-9-13(21)10-8-12/h3-11,22H,2,21H2,1H3. The number of anilines is 1. The third-order valence-corrected chi connectivity index (χ3v) is 4.17. The van der Waals surface area contributed by atoms with Gasteiger partial charge in [0.15, 0.2) is 0 Å². The van der Waals surface area contributed by atoms with Crippen molar-refractivity contribution in [3.05, 3.63) is 60.3 Å². The molecule has 0 radical (unpaired) electrons. The summed E-state index contributed by atoms with van der Waals surface area (Å²) in [4.78, 5) is 20.2. The van der Waals surface area contributed by atoms with Crippen molar-refractivity contribution >= 4 is 33.5 Å². The molecule has 124 valence electrons. The molecule has 0 saturated carbocycles. The minimum absolute atomic E-state index is 0.297. The van der Waals surface area contributed by atoms with Crippen LogP contribution in [0.15, 0.2) is 54.6 Å². The highest BCUT2D eigenvalue weighted by molar-refractivity contribution is 6.12. The number of carbonyl (C=O) groups is 1. The van der Waals surface area contributed by atoms with Gasteiger partial charge in [-0.05, 0) is 31.2 Å². The molecule has 4 rings (SSSR count). The topological polar surface area (TPSA) is 81.0 Å². The van der Waals surface area contributed by atoms with Crippen molar-refractivity contribution in [1.82, 2.24) is 9.97 Å². The number of benzene rings is 2. The van der Waals surface area contributed by atoms with E-state index in [-0.39, 0.29) is 0 Å². The monoisotopic (exact) mass is 331 g/mol. The van der Waals surface area contributed by atoms with E-state index in [9.17, 15) is 4.79 Å². The number of rotatable bonds is 3. The summed E-state index contributed by atoms with van der Waals surface area (Å²) in [6, 6.07) is 17.2. The highest BCUT2D eigenvalue weighted by atomic mass is 16.5. The van der Waals surface area contributed by atoms with Gasteiger partial charge in [-0.15, -0.1) is 0 Å². The van der Waals surface area contributed by atoms with Gasteiger partial charge in [0, 0.05) is 27.5 Å². The molecule has 0 saturated heterocycles. The molecule has 2 aromatic carbocycles. The van der Waals surface area contributed by atoms with Crippen molar-refractivity contribution in [2.45, 2.75) is 6.92 Å². The zero-order valence-corrected chi connectivity index (χ0v) is 13.7. The van der Waals surface area contributed by atoms with Crippen LogP contribution in [0.25, 0.3) is 33.1 Å². The number of hydrogen-bond acceptors (Lipinski definition) is 4. The van der Waals surface area contributed by atoms with Crippen molar-refractivity contribution < 1.29 is 9.53 Å². The molecule has 5 heteroatoms. The lowest BCUT2D eigenvalue weighted by molar-refractivity contribution is 0.0520. The van der Waals surface area contributed by atoms with E-state index in [1.54, 1.807) is 13.0 Å². The van der Waals surface area contributed by atoms with E-state index in [4.69, 9.17) is 10.5 Å². The van der Waals surface area contributed by atoms with Crippen LogP contribution in [0.3, 0.4) is 0 Å². The average molecular weight is 331 g/mol. The van der Waals surface area contributed by atoms with Crippen LogP contribution in [0.5, 0.6) is 0 Å². The number of nitrogen functional groups attached to an aromatic ring is 1. The van der Waals surface area contributed by atoms with Crippen molar-refractivity contribution in [2.24, 2.45) is 0 Å². The van der Waals surface area contributed by atoms with Crippen LogP contribution in [0.1, 0.15) is 17.4 Å². The van der Waals surface area contributed by atoms with Gasteiger partial charge in [0.2, 0.25) is 0 Å². The predicted octanol–water partition coefficient (Wildman–Crippen LogP) is 4.14. The fourth-order valence-electron chi connectivity index (χ4n) is 3.01. The molecule has 0 unspecified atom stereocenters. The van der Waals surface area contributed by atoms with E-state index in [1.807, 2.05) is 48.5 Å². The number of hydrogen-bond donors (Lipinski definition) is 2. The highest BCUT2D eigenvalue weighted by Gasteiger charge is 2.17. The molecular weight excluding hydrogens is 314 g/mol. The van der Waals surface area contributed by atoms with Crippen LogP contribution in [-0.4, -0.2) is 22.5 Å². The van der Waals surface area contributed by atoms with Gasteiger partial charge in [0.25, 0.3) is 0 Å². The number of H-pyrrole nitrogens is 1. The summed E-state index contributed by atoms with van der Waals surface area (Å²) in [5, 5.41) is 1.99. The molecule has 0 aliphatic heterocycles. The largest absolute Gasteiger partial charge is 0.461 e. The molecule has 25 heavy (non-hydrogen) atoms. The molecule has 0 aliphatic carbocycles. The van der Waals surface area contributed by atoms with Gasteiger partial charge in [0.1, 0.15) is 5.69 Å². The Morgan fingerprint density at radius 1 is 1.12 bits per heavy atom. The number of aromatic nitrogens is 2. The first-order valence-corrected chi connectivity index (χ1v) is 8.12. The van der Waals surface area contributed by atoms with E-state index in [2.05, 4.69) is 9.97 Å². The smallest absolute Gasteiger partial charge is 0.356 e. The van der Waals surface area contributed by atoms with Gasteiger partial charge in [0.05, 0.1) is 17.8 Å². The number of aromatic amines is 1. The Morgan fingerprint density at radius 3 is 2.64 bits per heavy atom. The Morgan fingerprint density at radius 2 is 1.88 bits per heavy atom. The molecule has 5 nitrogen and oxygen atoms in total. The minimum Gasteiger partial charge on any atom is -0.461 e. The number of nitrogens with one attached hydrogen (secondary N) is 1. The van der Waals surface area contributed by atoms with Gasteiger partial charge in [-0.1, -0.05) is 30.3 Å². The molecule has 4 aromatic rings. The number of para-hydroxylation sites is 1. The second kappa shape index (κ2) is 5.94. The Kier molecular flexibility index (Phi) is 3.61. The fourth-order valence-corrected chi connectivity index (χ4v) is 3.01. The number of ether oxygens (including phenoxy) is 1. The van der Waals surface area contributed by atoms with Crippen LogP contribution in [-0.2, 0) is 4.74 Å². The summed E-state index contributed by atoms with van der Waals surface area (Å²) >= 11 is 0. The van der Waals surface area contributed by atoms with Gasteiger partial charge < -0.3 is 15.5 Å². The van der Waals surface area contributed by atoms with Crippen LogP contribution in [0, 0.1) is 0 Å². The Bertz CT molecular complexity index is 1080. The molecule has 0 amide bonds.